The molecule has 1 aliphatic heterocycles. The number of carbonyl (C=O) groups excluding carboxylic acids is 3. The van der Waals surface area contributed by atoms with Crippen molar-refractivity contribution in [1.82, 2.24) is 15.8 Å². The van der Waals surface area contributed by atoms with E-state index in [4.69, 9.17) is 0 Å². The molecule has 0 radical (unpaired) electrons. The zero-order valence-electron chi connectivity index (χ0n) is 13.7. The Hall–Kier alpha value is -2.97. The quantitative estimate of drug-likeness (QED) is 0.491. The van der Waals surface area contributed by atoms with E-state index in [2.05, 4.69) is 10.7 Å². The van der Waals surface area contributed by atoms with Gasteiger partial charge in [-0.05, 0) is 31.9 Å². The van der Waals surface area contributed by atoms with Gasteiger partial charge in [-0.1, -0.05) is 19.3 Å². The first-order valence-corrected chi connectivity index (χ1v) is 8.07. The summed E-state index contributed by atoms with van der Waals surface area (Å²) in [6.45, 7) is 1.51. The molecule has 2 N–H and O–H groups in total. The number of aryl methyl sites for hydroxylation is 1. The molecule has 0 aromatic heterocycles. The molecule has 1 aromatic carbocycles. The van der Waals surface area contributed by atoms with Crippen LogP contribution in [0.5, 0.6) is 0 Å². The highest BCUT2D eigenvalue weighted by Gasteiger charge is 2.52. The van der Waals surface area contributed by atoms with Crippen molar-refractivity contribution in [2.45, 2.75) is 44.6 Å². The van der Waals surface area contributed by atoms with Crippen LogP contribution in [0.2, 0.25) is 0 Å². The number of hydrogen-bond acceptors (Lipinski definition) is 5. The molecule has 132 valence electrons. The predicted octanol–water partition coefficient (Wildman–Crippen LogP) is 1.80. The molecule has 4 amide bonds. The van der Waals surface area contributed by atoms with Gasteiger partial charge in [0.05, 0.1) is 4.92 Å². The second-order valence-electron chi connectivity index (χ2n) is 6.41. The number of hydrogen-bond donors (Lipinski definition) is 2. The summed E-state index contributed by atoms with van der Waals surface area (Å²) >= 11 is 0. The summed E-state index contributed by atoms with van der Waals surface area (Å²) in [6.07, 6.45) is 3.81. The van der Waals surface area contributed by atoms with Crippen molar-refractivity contribution < 1.29 is 19.3 Å². The molecule has 1 saturated heterocycles. The molecule has 25 heavy (non-hydrogen) atoms. The lowest BCUT2D eigenvalue weighted by Gasteiger charge is -2.30. The third-order valence-electron chi connectivity index (χ3n) is 4.74. The highest BCUT2D eigenvalue weighted by Crippen LogP contribution is 2.33. The second-order valence-corrected chi connectivity index (χ2v) is 6.41. The van der Waals surface area contributed by atoms with Crippen molar-refractivity contribution in [2.75, 3.05) is 0 Å². The van der Waals surface area contributed by atoms with Gasteiger partial charge >= 0.3 is 6.03 Å². The summed E-state index contributed by atoms with van der Waals surface area (Å²) in [4.78, 5) is 47.4. The fraction of sp³-hybridized carbons (Fsp3) is 0.438. The summed E-state index contributed by atoms with van der Waals surface area (Å²) in [5.41, 5.74) is 1.73. The van der Waals surface area contributed by atoms with Crippen LogP contribution in [0.4, 0.5) is 10.5 Å². The molecule has 1 spiro atoms. The normalized spacial score (nSPS) is 19.0. The molecular formula is C16H18N4O5. The van der Waals surface area contributed by atoms with E-state index >= 15 is 0 Å². The number of nitro groups is 1. The van der Waals surface area contributed by atoms with Crippen LogP contribution in [0.15, 0.2) is 18.2 Å². The first-order valence-electron chi connectivity index (χ1n) is 8.07. The number of carbonyl (C=O) groups is 3. The van der Waals surface area contributed by atoms with E-state index in [1.165, 1.54) is 25.1 Å². The molecule has 9 nitrogen and oxygen atoms in total. The fourth-order valence-corrected chi connectivity index (χ4v) is 3.38. The minimum Gasteiger partial charge on any atom is -0.322 e. The van der Waals surface area contributed by atoms with Crippen LogP contribution >= 0.6 is 0 Å². The minimum atomic E-state index is -0.923. The van der Waals surface area contributed by atoms with Crippen LogP contribution in [0.3, 0.4) is 0 Å². The molecule has 0 atom stereocenters. The number of benzene rings is 1. The Bertz CT molecular complexity index is 770. The van der Waals surface area contributed by atoms with Crippen molar-refractivity contribution >= 4 is 23.5 Å². The molecule has 2 aliphatic rings. The van der Waals surface area contributed by atoms with Gasteiger partial charge in [0.25, 0.3) is 17.5 Å². The molecule has 0 bridgehead atoms. The summed E-state index contributed by atoms with van der Waals surface area (Å²) in [6, 6.07) is 3.20. The van der Waals surface area contributed by atoms with Crippen molar-refractivity contribution in [3.8, 4) is 0 Å². The van der Waals surface area contributed by atoms with Gasteiger partial charge in [0, 0.05) is 17.2 Å². The van der Waals surface area contributed by atoms with E-state index < -0.39 is 28.3 Å². The third-order valence-corrected chi connectivity index (χ3v) is 4.74. The van der Waals surface area contributed by atoms with Crippen LogP contribution in [0, 0.1) is 17.0 Å². The number of amides is 4. The molecule has 0 unspecified atom stereocenters. The van der Waals surface area contributed by atoms with Gasteiger partial charge in [0.15, 0.2) is 0 Å². The van der Waals surface area contributed by atoms with Crippen LogP contribution < -0.4 is 10.7 Å². The average Bonchev–Trinajstić information content (AvgIpc) is 2.79. The smallest absolute Gasteiger partial charge is 0.322 e. The Labute approximate surface area is 143 Å². The van der Waals surface area contributed by atoms with E-state index in [1.54, 1.807) is 0 Å². The highest BCUT2D eigenvalue weighted by molar-refractivity contribution is 6.09. The van der Waals surface area contributed by atoms with Crippen molar-refractivity contribution in [3.63, 3.8) is 0 Å². The zero-order valence-corrected chi connectivity index (χ0v) is 13.7. The van der Waals surface area contributed by atoms with E-state index in [-0.39, 0.29) is 11.3 Å². The Kier molecular flexibility index (Phi) is 4.15. The van der Waals surface area contributed by atoms with E-state index in [1.807, 2.05) is 0 Å². The van der Waals surface area contributed by atoms with Gasteiger partial charge in [0.1, 0.15) is 5.54 Å². The maximum Gasteiger partial charge on any atom is 0.344 e. The second kappa shape index (κ2) is 6.15. The average molecular weight is 346 g/mol. The Morgan fingerprint density at radius 3 is 2.56 bits per heavy atom. The van der Waals surface area contributed by atoms with Crippen molar-refractivity contribution in [3.05, 3.63) is 39.4 Å². The standard InChI is InChI=1S/C16H18N4O5/c1-10-9-11(5-6-12(10)20(24)25)13(21)18-19-14(22)16(17-15(19)23)7-3-2-4-8-16/h5-6,9H,2-4,7-8H2,1H3,(H,17,23)(H,18,21). The van der Waals surface area contributed by atoms with Gasteiger partial charge in [0.2, 0.25) is 0 Å². The molecule has 1 aromatic rings. The van der Waals surface area contributed by atoms with Crippen molar-refractivity contribution in [2.24, 2.45) is 0 Å². The number of nitrogens with zero attached hydrogens (tertiary/aromatic N) is 2. The van der Waals surface area contributed by atoms with E-state index in [9.17, 15) is 24.5 Å². The lowest BCUT2D eigenvalue weighted by molar-refractivity contribution is -0.385. The van der Waals surface area contributed by atoms with Gasteiger partial charge in [-0.25, -0.2) is 4.79 Å². The molecule has 2 fully saturated rings. The van der Waals surface area contributed by atoms with Crippen molar-refractivity contribution in [1.29, 1.82) is 0 Å². The molecule has 9 heteroatoms. The highest BCUT2D eigenvalue weighted by atomic mass is 16.6. The maximum atomic E-state index is 12.6. The van der Waals surface area contributed by atoms with Gasteiger partial charge in [-0.15, -0.1) is 0 Å². The van der Waals surface area contributed by atoms with Gasteiger partial charge in [-0.3, -0.25) is 25.1 Å². The number of hydrazine groups is 1. The largest absolute Gasteiger partial charge is 0.344 e. The zero-order chi connectivity index (χ0) is 18.2. The molecular weight excluding hydrogens is 328 g/mol. The Balaban J connectivity index is 1.77. The molecule has 3 rings (SSSR count). The first kappa shape index (κ1) is 16.9. The SMILES string of the molecule is Cc1cc(C(=O)NN2C(=O)NC3(CCCCC3)C2=O)ccc1[N+](=O)[O-]. The monoisotopic (exact) mass is 346 g/mol. The summed E-state index contributed by atoms with van der Waals surface area (Å²) < 4.78 is 0. The van der Waals surface area contributed by atoms with Crippen LogP contribution in [0.25, 0.3) is 0 Å². The minimum absolute atomic E-state index is 0.104. The van der Waals surface area contributed by atoms with Crippen LogP contribution in [-0.4, -0.2) is 33.3 Å². The predicted molar refractivity (Wildman–Crippen MR) is 86.5 cm³/mol. The fourth-order valence-electron chi connectivity index (χ4n) is 3.38. The molecule has 1 aliphatic carbocycles. The van der Waals surface area contributed by atoms with Crippen LogP contribution in [-0.2, 0) is 4.79 Å². The van der Waals surface area contributed by atoms with E-state index in [0.29, 0.717) is 23.4 Å². The number of imide groups is 1. The number of nitrogens with one attached hydrogen (secondary N) is 2. The summed E-state index contributed by atoms with van der Waals surface area (Å²) in [7, 11) is 0. The summed E-state index contributed by atoms with van der Waals surface area (Å²) in [5.74, 6) is -1.13. The van der Waals surface area contributed by atoms with E-state index in [0.717, 1.165) is 19.3 Å². The number of rotatable bonds is 3. The Morgan fingerprint density at radius 2 is 1.96 bits per heavy atom. The van der Waals surface area contributed by atoms with Crippen LogP contribution in [0.1, 0.15) is 48.0 Å². The number of nitro benzene ring substituents is 1. The third kappa shape index (κ3) is 2.92. The Morgan fingerprint density at radius 1 is 1.28 bits per heavy atom. The summed E-state index contributed by atoms with van der Waals surface area (Å²) in [5, 5.41) is 14.2. The lowest BCUT2D eigenvalue weighted by atomic mass is 9.82. The lowest BCUT2D eigenvalue weighted by Crippen LogP contribution is -2.50. The van der Waals surface area contributed by atoms with Gasteiger partial charge < -0.3 is 5.32 Å². The molecule has 1 heterocycles. The maximum absolute atomic E-state index is 12.6. The number of urea groups is 1. The molecule has 1 saturated carbocycles. The topological polar surface area (TPSA) is 122 Å². The van der Waals surface area contributed by atoms with Gasteiger partial charge in [-0.2, -0.15) is 5.01 Å². The first-order chi connectivity index (χ1) is 11.8.